The summed E-state index contributed by atoms with van der Waals surface area (Å²) in [7, 11) is 0. The summed E-state index contributed by atoms with van der Waals surface area (Å²) < 4.78 is 13.8. The van der Waals surface area contributed by atoms with Crippen LogP contribution in [0, 0.1) is 11.7 Å². The van der Waals surface area contributed by atoms with E-state index in [-0.39, 0.29) is 42.6 Å². The number of hydrogen-bond donors (Lipinski definition) is 1. The molecule has 1 aliphatic heterocycles. The molecular weight excluding hydrogens is 364 g/mol. The normalized spacial score (nSPS) is 23.4. The number of piperazine rings is 1. The lowest BCUT2D eigenvalue weighted by Crippen LogP contribution is -2.50. The zero-order valence-corrected chi connectivity index (χ0v) is 16.0. The molecule has 1 saturated heterocycles. The molecule has 1 aromatic rings. The molecule has 25 heavy (non-hydrogen) atoms. The van der Waals surface area contributed by atoms with Crippen LogP contribution in [-0.4, -0.2) is 43.0 Å². The zero-order valence-electron chi connectivity index (χ0n) is 14.4. The Hall–Kier alpha value is -1.04. The quantitative estimate of drug-likeness (QED) is 0.860. The Labute approximate surface area is 161 Å². The smallest absolute Gasteiger partial charge is 0.223 e. The van der Waals surface area contributed by atoms with Gasteiger partial charge in [-0.3, -0.25) is 4.79 Å². The zero-order chi connectivity index (χ0) is 16.2. The van der Waals surface area contributed by atoms with Gasteiger partial charge in [-0.2, -0.15) is 0 Å². The van der Waals surface area contributed by atoms with E-state index < -0.39 is 0 Å². The molecule has 0 spiro atoms. The van der Waals surface area contributed by atoms with Crippen molar-refractivity contribution in [1.29, 1.82) is 0 Å². The summed E-state index contributed by atoms with van der Waals surface area (Å²) in [5.74, 6) is 0.349. The molecular formula is C18H28Cl2FN3O. The van der Waals surface area contributed by atoms with Crippen LogP contribution >= 0.6 is 24.8 Å². The Balaban J connectivity index is 0.00000156. The fourth-order valence-corrected chi connectivity index (χ4v) is 3.75. The Kier molecular flexibility index (Phi) is 8.97. The van der Waals surface area contributed by atoms with Crippen molar-refractivity contribution in [3.05, 3.63) is 30.1 Å². The minimum absolute atomic E-state index is 0. The number of hydrogen-bond acceptors (Lipinski definition) is 3. The molecule has 2 unspecified atom stereocenters. The van der Waals surface area contributed by atoms with Crippen molar-refractivity contribution in [2.45, 2.75) is 38.1 Å². The van der Waals surface area contributed by atoms with Crippen molar-refractivity contribution in [1.82, 2.24) is 4.90 Å². The lowest BCUT2D eigenvalue weighted by Gasteiger charge is -2.37. The molecule has 0 aromatic heterocycles. The highest BCUT2D eigenvalue weighted by atomic mass is 35.5. The van der Waals surface area contributed by atoms with E-state index in [1.54, 1.807) is 12.1 Å². The molecule has 2 atom stereocenters. The van der Waals surface area contributed by atoms with Crippen LogP contribution in [0.5, 0.6) is 0 Å². The van der Waals surface area contributed by atoms with Crippen molar-refractivity contribution in [3.63, 3.8) is 0 Å². The number of rotatable bonds is 3. The van der Waals surface area contributed by atoms with Crippen LogP contribution in [0.1, 0.15) is 32.1 Å². The molecule has 1 aromatic carbocycles. The number of nitrogens with zero attached hydrogens (tertiary/aromatic N) is 2. The van der Waals surface area contributed by atoms with Crippen molar-refractivity contribution in [3.8, 4) is 0 Å². The molecule has 0 bridgehead atoms. The maximum absolute atomic E-state index is 13.8. The summed E-state index contributed by atoms with van der Waals surface area (Å²) in [4.78, 5) is 16.4. The maximum atomic E-state index is 13.8. The van der Waals surface area contributed by atoms with Gasteiger partial charge in [-0.15, -0.1) is 24.8 Å². The van der Waals surface area contributed by atoms with Crippen LogP contribution in [0.3, 0.4) is 0 Å². The predicted octanol–water partition coefficient (Wildman–Crippen LogP) is 3.23. The molecule has 3 rings (SSSR count). The second-order valence-electron chi connectivity index (χ2n) is 6.73. The number of carbonyl (C=O) groups excluding carboxylic acids is 1. The highest BCUT2D eigenvalue weighted by molar-refractivity contribution is 5.85. The fourth-order valence-electron chi connectivity index (χ4n) is 3.75. The number of para-hydroxylation sites is 1. The number of nitrogens with two attached hydrogens (primary N) is 1. The van der Waals surface area contributed by atoms with E-state index in [9.17, 15) is 9.18 Å². The summed E-state index contributed by atoms with van der Waals surface area (Å²) in [6.07, 6.45) is 5.06. The fraction of sp³-hybridized carbons (Fsp3) is 0.611. The monoisotopic (exact) mass is 391 g/mol. The molecule has 142 valence electrons. The van der Waals surface area contributed by atoms with Gasteiger partial charge in [0.05, 0.1) is 5.69 Å². The lowest BCUT2D eigenvalue weighted by atomic mass is 9.82. The number of carbonyl (C=O) groups is 1. The third kappa shape index (κ3) is 5.47. The molecule has 2 aliphatic rings. The highest BCUT2D eigenvalue weighted by Gasteiger charge is 2.28. The van der Waals surface area contributed by atoms with E-state index in [1.165, 1.54) is 18.9 Å². The second kappa shape index (κ2) is 10.2. The van der Waals surface area contributed by atoms with Crippen molar-refractivity contribution in [2.24, 2.45) is 11.7 Å². The Morgan fingerprint density at radius 3 is 2.36 bits per heavy atom. The number of halogens is 3. The van der Waals surface area contributed by atoms with Gasteiger partial charge in [0.15, 0.2) is 0 Å². The Morgan fingerprint density at radius 1 is 1.08 bits per heavy atom. The van der Waals surface area contributed by atoms with E-state index in [0.29, 0.717) is 44.2 Å². The van der Waals surface area contributed by atoms with Gasteiger partial charge in [0.1, 0.15) is 5.82 Å². The minimum Gasteiger partial charge on any atom is -0.366 e. The molecule has 4 nitrogen and oxygen atoms in total. The first kappa shape index (κ1) is 22.0. The molecule has 1 heterocycles. The van der Waals surface area contributed by atoms with Gasteiger partial charge in [0.25, 0.3) is 0 Å². The Morgan fingerprint density at radius 2 is 1.72 bits per heavy atom. The van der Waals surface area contributed by atoms with Crippen LogP contribution in [0.4, 0.5) is 10.1 Å². The molecule has 1 saturated carbocycles. The number of amides is 1. The predicted molar refractivity (Wildman–Crippen MR) is 104 cm³/mol. The molecule has 2 fully saturated rings. The molecule has 2 N–H and O–H groups in total. The first-order chi connectivity index (χ1) is 11.1. The van der Waals surface area contributed by atoms with Gasteiger partial charge in [-0.25, -0.2) is 4.39 Å². The number of benzene rings is 1. The van der Waals surface area contributed by atoms with Crippen LogP contribution in [-0.2, 0) is 4.79 Å². The van der Waals surface area contributed by atoms with Gasteiger partial charge < -0.3 is 15.5 Å². The number of anilines is 1. The lowest BCUT2D eigenvalue weighted by molar-refractivity contribution is -0.132. The average molecular weight is 392 g/mol. The van der Waals surface area contributed by atoms with Gasteiger partial charge in [0, 0.05) is 38.6 Å². The standard InChI is InChI=1S/C18H26FN3O.2ClH/c19-15-6-2-4-8-17(15)21-9-11-22(12-10-21)18(23)13-14-5-1-3-7-16(14)20;;/h2,4,6,8,14,16H,1,3,5,7,9-13,20H2;2*1H. The summed E-state index contributed by atoms with van der Waals surface area (Å²) in [5.41, 5.74) is 6.78. The summed E-state index contributed by atoms with van der Waals surface area (Å²) in [6.45, 7) is 2.69. The van der Waals surface area contributed by atoms with Crippen molar-refractivity contribution < 1.29 is 9.18 Å². The van der Waals surface area contributed by atoms with Gasteiger partial charge in [0.2, 0.25) is 5.91 Å². The van der Waals surface area contributed by atoms with Crippen LogP contribution in [0.2, 0.25) is 0 Å². The summed E-state index contributed by atoms with van der Waals surface area (Å²) >= 11 is 0. The van der Waals surface area contributed by atoms with Crippen molar-refractivity contribution >= 4 is 36.4 Å². The van der Waals surface area contributed by atoms with Gasteiger partial charge in [-0.05, 0) is 30.9 Å². The highest BCUT2D eigenvalue weighted by Crippen LogP contribution is 2.27. The van der Waals surface area contributed by atoms with E-state index in [4.69, 9.17) is 5.73 Å². The van der Waals surface area contributed by atoms with Crippen LogP contribution in [0.15, 0.2) is 24.3 Å². The van der Waals surface area contributed by atoms with Crippen LogP contribution in [0.25, 0.3) is 0 Å². The maximum Gasteiger partial charge on any atom is 0.223 e. The molecule has 0 radical (unpaired) electrons. The third-order valence-corrected chi connectivity index (χ3v) is 5.23. The average Bonchev–Trinajstić information content (AvgIpc) is 2.57. The van der Waals surface area contributed by atoms with Gasteiger partial charge >= 0.3 is 0 Å². The van der Waals surface area contributed by atoms with Gasteiger partial charge in [-0.1, -0.05) is 25.0 Å². The van der Waals surface area contributed by atoms with E-state index in [2.05, 4.69) is 0 Å². The summed E-state index contributed by atoms with van der Waals surface area (Å²) in [5, 5.41) is 0. The van der Waals surface area contributed by atoms with Crippen LogP contribution < -0.4 is 10.6 Å². The van der Waals surface area contributed by atoms with E-state index in [1.807, 2.05) is 15.9 Å². The molecule has 7 heteroatoms. The molecule has 1 amide bonds. The van der Waals surface area contributed by atoms with E-state index >= 15 is 0 Å². The first-order valence-corrected chi connectivity index (χ1v) is 8.68. The Bertz CT molecular complexity index is 553. The topological polar surface area (TPSA) is 49.6 Å². The SMILES string of the molecule is Cl.Cl.NC1CCCCC1CC(=O)N1CCN(c2ccccc2F)CC1. The summed E-state index contributed by atoms with van der Waals surface area (Å²) in [6, 6.07) is 7.00. The first-order valence-electron chi connectivity index (χ1n) is 8.68. The van der Waals surface area contributed by atoms with Crippen molar-refractivity contribution in [2.75, 3.05) is 31.1 Å². The third-order valence-electron chi connectivity index (χ3n) is 5.23. The largest absolute Gasteiger partial charge is 0.366 e. The molecule has 1 aliphatic carbocycles. The van der Waals surface area contributed by atoms with E-state index in [0.717, 1.165) is 12.8 Å². The minimum atomic E-state index is -0.194. The second-order valence-corrected chi connectivity index (χ2v) is 6.73.